The van der Waals surface area contributed by atoms with E-state index in [0.717, 1.165) is 15.4 Å². The number of benzene rings is 2. The van der Waals surface area contributed by atoms with Gasteiger partial charge in [0.1, 0.15) is 5.58 Å². The smallest absolute Gasteiger partial charge is 0.290 e. The van der Waals surface area contributed by atoms with Gasteiger partial charge in [-0.1, -0.05) is 30.3 Å². The van der Waals surface area contributed by atoms with Crippen LogP contribution in [-0.4, -0.2) is 30.3 Å². The van der Waals surface area contributed by atoms with Gasteiger partial charge >= 0.3 is 0 Å². The lowest BCUT2D eigenvalue weighted by Crippen LogP contribution is -2.35. The summed E-state index contributed by atoms with van der Waals surface area (Å²) in [4.78, 5) is 26.2. The number of halogens is 1. The van der Waals surface area contributed by atoms with E-state index in [1.54, 1.807) is 13.1 Å². The van der Waals surface area contributed by atoms with Crippen LogP contribution in [0.1, 0.15) is 16.1 Å². The number of rotatable bonds is 4. The van der Waals surface area contributed by atoms with E-state index >= 15 is 0 Å². The van der Waals surface area contributed by atoms with Crippen molar-refractivity contribution in [2.45, 2.75) is 6.92 Å². The van der Waals surface area contributed by atoms with Gasteiger partial charge in [-0.05, 0) is 41.1 Å². The summed E-state index contributed by atoms with van der Waals surface area (Å²) in [6, 6.07) is 14.8. The number of carbonyl (C=O) groups is 2. The van der Waals surface area contributed by atoms with Crippen LogP contribution < -0.4 is 5.32 Å². The Kier molecular flexibility index (Phi) is 4.90. The fraction of sp³-hybridized carbons (Fsp3) is 0.158. The minimum atomic E-state index is -0.323. The average Bonchev–Trinajstić information content (AvgIpc) is 2.93. The first-order valence-corrected chi connectivity index (χ1v) is 8.54. The molecule has 0 aliphatic carbocycles. The summed E-state index contributed by atoms with van der Waals surface area (Å²) in [6.45, 7) is 1.77. The second kappa shape index (κ2) is 7.11. The zero-order valence-corrected chi connectivity index (χ0v) is 15.5. The molecule has 25 heavy (non-hydrogen) atoms. The molecule has 0 unspecified atom stereocenters. The van der Waals surface area contributed by atoms with Crippen LogP contribution >= 0.6 is 15.9 Å². The summed E-state index contributed by atoms with van der Waals surface area (Å²) in [5.41, 5.74) is 2.10. The van der Waals surface area contributed by atoms with Gasteiger partial charge in [0.25, 0.3) is 5.91 Å². The molecular weight excluding hydrogens is 384 g/mol. The molecule has 2 aromatic carbocycles. The van der Waals surface area contributed by atoms with Crippen molar-refractivity contribution in [2.75, 3.05) is 18.9 Å². The van der Waals surface area contributed by atoms with Gasteiger partial charge in [0.2, 0.25) is 5.91 Å². The Labute approximate surface area is 153 Å². The molecule has 1 heterocycles. The van der Waals surface area contributed by atoms with Crippen LogP contribution in [0.3, 0.4) is 0 Å². The van der Waals surface area contributed by atoms with E-state index in [-0.39, 0.29) is 24.1 Å². The van der Waals surface area contributed by atoms with E-state index in [4.69, 9.17) is 4.42 Å². The Balaban J connectivity index is 1.72. The van der Waals surface area contributed by atoms with Gasteiger partial charge in [0.05, 0.1) is 12.2 Å². The minimum absolute atomic E-state index is 0.0728. The summed E-state index contributed by atoms with van der Waals surface area (Å²) in [5, 5.41) is 3.68. The van der Waals surface area contributed by atoms with Crippen LogP contribution in [0.25, 0.3) is 11.0 Å². The highest BCUT2D eigenvalue weighted by molar-refractivity contribution is 9.10. The number of nitrogens with zero attached hydrogens (tertiary/aromatic N) is 1. The molecule has 0 radical (unpaired) electrons. The molecule has 128 valence electrons. The highest BCUT2D eigenvalue weighted by Crippen LogP contribution is 2.26. The highest BCUT2D eigenvalue weighted by Gasteiger charge is 2.22. The normalized spacial score (nSPS) is 10.7. The van der Waals surface area contributed by atoms with Gasteiger partial charge in [0.15, 0.2) is 5.76 Å². The first kappa shape index (κ1) is 17.2. The first-order chi connectivity index (χ1) is 12.0. The van der Waals surface area contributed by atoms with Gasteiger partial charge in [-0.3, -0.25) is 9.59 Å². The number of likely N-dealkylation sites (N-methyl/N-ethyl adjacent to an activating group) is 1. The number of fused-ring (bicyclic) bond motifs is 1. The summed E-state index contributed by atoms with van der Waals surface area (Å²) in [7, 11) is 1.58. The van der Waals surface area contributed by atoms with Crippen molar-refractivity contribution in [1.82, 2.24) is 4.90 Å². The largest absolute Gasteiger partial charge is 0.451 e. The maximum absolute atomic E-state index is 12.6. The number of hydrogen-bond donors (Lipinski definition) is 1. The summed E-state index contributed by atoms with van der Waals surface area (Å²) >= 11 is 3.38. The van der Waals surface area contributed by atoms with Gasteiger partial charge in [0, 0.05) is 22.5 Å². The number of hydrogen-bond acceptors (Lipinski definition) is 3. The highest BCUT2D eigenvalue weighted by atomic mass is 79.9. The van der Waals surface area contributed by atoms with Crippen LogP contribution in [0.15, 0.2) is 57.4 Å². The minimum Gasteiger partial charge on any atom is -0.451 e. The molecule has 0 atom stereocenters. The maximum atomic E-state index is 12.6. The number of amides is 2. The predicted octanol–water partition coefficient (Wildman–Crippen LogP) is 4.21. The maximum Gasteiger partial charge on any atom is 0.290 e. The van der Waals surface area contributed by atoms with Gasteiger partial charge < -0.3 is 14.6 Å². The van der Waals surface area contributed by atoms with Crippen molar-refractivity contribution in [3.8, 4) is 0 Å². The number of anilines is 1. The fourth-order valence-corrected chi connectivity index (χ4v) is 2.98. The molecular formula is C19H17BrN2O3. The van der Waals surface area contributed by atoms with Crippen LogP contribution in [0.2, 0.25) is 0 Å². The van der Waals surface area contributed by atoms with Gasteiger partial charge in [-0.2, -0.15) is 0 Å². The first-order valence-electron chi connectivity index (χ1n) is 7.75. The van der Waals surface area contributed by atoms with Gasteiger partial charge in [-0.15, -0.1) is 0 Å². The van der Waals surface area contributed by atoms with Crippen LogP contribution in [0.5, 0.6) is 0 Å². The second-order valence-electron chi connectivity index (χ2n) is 5.74. The van der Waals surface area contributed by atoms with Crippen molar-refractivity contribution in [1.29, 1.82) is 0 Å². The molecule has 0 bridgehead atoms. The van der Waals surface area contributed by atoms with Crippen LogP contribution in [0, 0.1) is 6.92 Å². The van der Waals surface area contributed by atoms with E-state index in [0.29, 0.717) is 11.3 Å². The molecule has 6 heteroatoms. The summed E-state index contributed by atoms with van der Waals surface area (Å²) in [5.74, 6) is -0.343. The SMILES string of the molecule is Cc1c(C(=O)N(C)CC(=O)Nc2ccccc2Br)oc2ccccc12. The lowest BCUT2D eigenvalue weighted by Gasteiger charge is -2.16. The molecule has 0 fully saturated rings. The third-order valence-corrected chi connectivity index (χ3v) is 4.60. The lowest BCUT2D eigenvalue weighted by molar-refractivity contribution is -0.116. The quantitative estimate of drug-likeness (QED) is 0.712. The number of aryl methyl sites for hydroxylation is 1. The van der Waals surface area contributed by atoms with Gasteiger partial charge in [-0.25, -0.2) is 0 Å². The Hall–Kier alpha value is -2.60. The summed E-state index contributed by atoms with van der Waals surface area (Å²) in [6.07, 6.45) is 0. The van der Waals surface area contributed by atoms with E-state index in [1.807, 2.05) is 49.4 Å². The predicted molar refractivity (Wildman–Crippen MR) is 101 cm³/mol. The Bertz CT molecular complexity index is 949. The topological polar surface area (TPSA) is 62.6 Å². The lowest BCUT2D eigenvalue weighted by atomic mass is 10.1. The molecule has 1 N–H and O–H groups in total. The van der Waals surface area contributed by atoms with E-state index in [9.17, 15) is 9.59 Å². The number of furan rings is 1. The molecule has 0 saturated carbocycles. The molecule has 0 saturated heterocycles. The molecule has 3 rings (SSSR count). The van der Waals surface area contributed by atoms with E-state index in [1.165, 1.54) is 4.90 Å². The molecule has 1 aromatic heterocycles. The third kappa shape index (κ3) is 3.58. The number of carbonyl (C=O) groups excluding carboxylic acids is 2. The van der Waals surface area contributed by atoms with E-state index in [2.05, 4.69) is 21.2 Å². The zero-order chi connectivity index (χ0) is 18.0. The summed E-state index contributed by atoms with van der Waals surface area (Å²) < 4.78 is 6.45. The van der Waals surface area contributed by atoms with Crippen LogP contribution in [-0.2, 0) is 4.79 Å². The second-order valence-corrected chi connectivity index (χ2v) is 6.60. The monoisotopic (exact) mass is 400 g/mol. The average molecular weight is 401 g/mol. The number of nitrogens with one attached hydrogen (secondary N) is 1. The van der Waals surface area contributed by atoms with E-state index < -0.39 is 0 Å². The third-order valence-electron chi connectivity index (χ3n) is 3.91. The molecule has 3 aromatic rings. The van der Waals surface area contributed by atoms with Crippen molar-refractivity contribution in [3.05, 3.63) is 64.3 Å². The Morgan fingerprint density at radius 1 is 1.12 bits per heavy atom. The van der Waals surface area contributed by atoms with Crippen molar-refractivity contribution in [3.63, 3.8) is 0 Å². The number of para-hydroxylation sites is 2. The molecule has 0 spiro atoms. The van der Waals surface area contributed by atoms with Crippen molar-refractivity contribution >= 4 is 44.4 Å². The standard InChI is InChI=1S/C19H17BrN2O3/c1-12-13-7-3-6-10-16(13)25-18(12)19(24)22(2)11-17(23)21-15-9-5-4-8-14(15)20/h3-10H,11H2,1-2H3,(H,21,23). The Morgan fingerprint density at radius 2 is 1.80 bits per heavy atom. The molecule has 0 aliphatic heterocycles. The Morgan fingerprint density at radius 3 is 2.52 bits per heavy atom. The zero-order valence-electron chi connectivity index (χ0n) is 13.9. The van der Waals surface area contributed by atoms with Crippen molar-refractivity contribution in [2.24, 2.45) is 0 Å². The molecule has 2 amide bonds. The fourth-order valence-electron chi connectivity index (χ4n) is 2.59. The molecule has 5 nitrogen and oxygen atoms in total. The van der Waals surface area contributed by atoms with Crippen molar-refractivity contribution < 1.29 is 14.0 Å². The molecule has 0 aliphatic rings. The van der Waals surface area contributed by atoms with Crippen LogP contribution in [0.4, 0.5) is 5.69 Å².